The highest BCUT2D eigenvalue weighted by Crippen LogP contribution is 2.40. The molecule has 0 aliphatic carbocycles. The molecular formula is C37H67NO13. The minimum Gasteiger partial charge on any atom is -0.459 e. The average Bonchev–Trinajstić information content (AvgIpc) is 3.05. The van der Waals surface area contributed by atoms with E-state index < -0.39 is 108 Å². The monoisotopic (exact) mass is 733 g/mol. The molecule has 18 atom stereocenters. The summed E-state index contributed by atoms with van der Waals surface area (Å²) in [5.41, 5.74) is -4.84. The van der Waals surface area contributed by atoms with Crippen molar-refractivity contribution in [1.29, 1.82) is 0 Å². The van der Waals surface area contributed by atoms with E-state index in [-0.39, 0.29) is 31.4 Å². The molecule has 3 rings (SSSR count). The largest absolute Gasteiger partial charge is 0.459 e. The number of cyclic esters (lactones) is 1. The maximum absolute atomic E-state index is 14.1. The number of methoxy groups -OCH3 is 1. The third-order valence-electron chi connectivity index (χ3n) is 11.8. The van der Waals surface area contributed by atoms with Crippen molar-refractivity contribution in [2.24, 2.45) is 23.7 Å². The molecule has 14 heteroatoms. The van der Waals surface area contributed by atoms with Crippen molar-refractivity contribution in [3.63, 3.8) is 0 Å². The third-order valence-corrected chi connectivity index (χ3v) is 11.8. The number of carbonyl (C=O) groups is 2. The second-order valence-corrected chi connectivity index (χ2v) is 16.5. The molecule has 3 unspecified atom stereocenters. The first-order valence-corrected chi connectivity index (χ1v) is 18.5. The second kappa shape index (κ2) is 17.0. The number of rotatable bonds is 7. The number of Topliss-reactive ketones (excluding diaryl/α,β-unsaturated/α-hetero) is 1. The fourth-order valence-corrected chi connectivity index (χ4v) is 8.41. The molecule has 3 heterocycles. The minimum atomic E-state index is -1.99. The summed E-state index contributed by atoms with van der Waals surface area (Å²) in [6.07, 6.45) is -9.71. The normalized spacial score (nSPS) is 49.7. The Labute approximate surface area is 304 Å². The fourth-order valence-electron chi connectivity index (χ4n) is 8.41. The summed E-state index contributed by atoms with van der Waals surface area (Å²) in [5, 5.41) is 57.6. The van der Waals surface area contributed by atoms with Crippen LogP contribution in [0.4, 0.5) is 0 Å². The van der Waals surface area contributed by atoms with E-state index in [2.05, 4.69) is 0 Å². The Hall–Kier alpha value is -1.30. The van der Waals surface area contributed by atoms with Crippen molar-refractivity contribution in [1.82, 2.24) is 4.90 Å². The van der Waals surface area contributed by atoms with Crippen molar-refractivity contribution in [3.05, 3.63) is 0 Å². The number of likely N-dealkylation sites (N-methyl/N-ethyl adjacent to an activating group) is 1. The van der Waals surface area contributed by atoms with E-state index in [0.717, 1.165) is 0 Å². The first kappa shape index (κ1) is 44.1. The Morgan fingerprint density at radius 1 is 0.882 bits per heavy atom. The molecule has 5 N–H and O–H groups in total. The summed E-state index contributed by atoms with van der Waals surface area (Å²) in [5.74, 6) is -4.98. The van der Waals surface area contributed by atoms with E-state index in [1.54, 1.807) is 41.5 Å². The Morgan fingerprint density at radius 2 is 1.49 bits per heavy atom. The standard InChI is InChI=1S/C37H67NO13/c1-14-25-37(10,45)30(41)20(4)27(39)18(2)16-35(8,44)32(51-34-28(40)24(38(11)12)15-19(3)47-34)21(5)29(22(6)33(43)49-25)50-26-17-36(9,46-13)31(42)23(7)48-26/h18-26,28-32,34,40-42,44-45H,14-17H2,1-13H3/t18-,19-,20+,21+,22-,23+,24?,25-,26?,28-,29+,30-,31+,32-,34?,35-,36-,37-/m1/s1. The first-order chi connectivity index (χ1) is 23.4. The number of nitrogens with zero attached hydrogens (tertiary/aromatic N) is 1. The quantitative estimate of drug-likeness (QED) is 0.238. The molecule has 3 fully saturated rings. The Kier molecular flexibility index (Phi) is 14.7. The zero-order valence-electron chi connectivity index (χ0n) is 32.9. The maximum atomic E-state index is 14.1. The van der Waals surface area contributed by atoms with Gasteiger partial charge in [-0.15, -0.1) is 0 Å². The molecule has 0 amide bonds. The van der Waals surface area contributed by atoms with Crippen LogP contribution in [0.25, 0.3) is 0 Å². The lowest BCUT2D eigenvalue weighted by Crippen LogP contribution is -2.61. The number of ether oxygens (including phenoxy) is 6. The Morgan fingerprint density at radius 3 is 2.04 bits per heavy atom. The summed E-state index contributed by atoms with van der Waals surface area (Å²) in [7, 11) is 5.18. The average molecular weight is 734 g/mol. The summed E-state index contributed by atoms with van der Waals surface area (Å²) in [6, 6.07) is -0.324. The van der Waals surface area contributed by atoms with Gasteiger partial charge in [-0.2, -0.15) is 0 Å². The predicted octanol–water partition coefficient (Wildman–Crippen LogP) is 1.79. The van der Waals surface area contributed by atoms with Gasteiger partial charge in [0.15, 0.2) is 12.6 Å². The van der Waals surface area contributed by atoms with E-state index in [9.17, 15) is 35.1 Å². The van der Waals surface area contributed by atoms with Gasteiger partial charge in [-0.3, -0.25) is 9.59 Å². The highest BCUT2D eigenvalue weighted by Gasteiger charge is 2.53. The van der Waals surface area contributed by atoms with Crippen LogP contribution in [0.15, 0.2) is 0 Å². The van der Waals surface area contributed by atoms with Crippen LogP contribution in [0.1, 0.15) is 94.9 Å². The Bertz CT molecular complexity index is 1170. The lowest BCUT2D eigenvalue weighted by molar-refractivity contribution is -0.318. The smallest absolute Gasteiger partial charge is 0.311 e. The molecular weight excluding hydrogens is 666 g/mol. The van der Waals surface area contributed by atoms with Crippen LogP contribution in [0.3, 0.4) is 0 Å². The van der Waals surface area contributed by atoms with Gasteiger partial charge in [-0.1, -0.05) is 27.7 Å². The molecule has 3 aliphatic rings. The molecule has 51 heavy (non-hydrogen) atoms. The SMILES string of the molecule is CC[C@H]1OC(=O)[C@H](C)[C@@H](OC2C[C@@](C)(OC)[C@@H](O)[C@H](C)O2)[C@H](C)[C@@H](OC2O[C@H](C)CC(N(C)C)[C@H]2O)[C@](C)(O)C[C@@H](C)C(=O)[C@H](C)[C@@H](O)[C@]1(C)O. The molecule has 3 aliphatic heterocycles. The number of ketones is 1. The number of hydrogen-bond acceptors (Lipinski definition) is 14. The van der Waals surface area contributed by atoms with E-state index >= 15 is 0 Å². The van der Waals surface area contributed by atoms with Gasteiger partial charge in [-0.25, -0.2) is 0 Å². The van der Waals surface area contributed by atoms with E-state index in [4.69, 9.17) is 28.4 Å². The van der Waals surface area contributed by atoms with Gasteiger partial charge < -0.3 is 58.9 Å². The zero-order chi connectivity index (χ0) is 39.0. The van der Waals surface area contributed by atoms with Crippen LogP contribution < -0.4 is 0 Å². The first-order valence-electron chi connectivity index (χ1n) is 18.5. The van der Waals surface area contributed by atoms with Crippen LogP contribution in [0, 0.1) is 23.7 Å². The zero-order valence-corrected chi connectivity index (χ0v) is 32.9. The topological polar surface area (TPSA) is 194 Å². The maximum Gasteiger partial charge on any atom is 0.311 e. The van der Waals surface area contributed by atoms with Crippen molar-refractivity contribution in [2.45, 2.75) is 179 Å². The highest BCUT2D eigenvalue weighted by molar-refractivity contribution is 5.83. The molecule has 0 spiro atoms. The van der Waals surface area contributed by atoms with Crippen LogP contribution in [-0.2, 0) is 38.0 Å². The number of carbonyl (C=O) groups excluding carboxylic acids is 2. The summed E-state index contributed by atoms with van der Waals surface area (Å²) >= 11 is 0. The van der Waals surface area contributed by atoms with Crippen LogP contribution in [-0.4, -0.2) is 148 Å². The van der Waals surface area contributed by atoms with Gasteiger partial charge in [0.2, 0.25) is 0 Å². The molecule has 298 valence electrons. The van der Waals surface area contributed by atoms with Crippen molar-refractivity contribution < 1.29 is 63.5 Å². The molecule has 0 aromatic rings. The van der Waals surface area contributed by atoms with Crippen LogP contribution in [0.5, 0.6) is 0 Å². The van der Waals surface area contributed by atoms with Crippen molar-refractivity contribution in [3.8, 4) is 0 Å². The van der Waals surface area contributed by atoms with Gasteiger partial charge in [-0.05, 0) is 74.9 Å². The number of hydrogen-bond donors (Lipinski definition) is 5. The summed E-state index contributed by atoms with van der Waals surface area (Å²) in [6.45, 7) is 16.3. The highest BCUT2D eigenvalue weighted by atomic mass is 16.7. The van der Waals surface area contributed by atoms with Gasteiger partial charge >= 0.3 is 5.97 Å². The van der Waals surface area contributed by atoms with Crippen molar-refractivity contribution in [2.75, 3.05) is 21.2 Å². The van der Waals surface area contributed by atoms with Gasteiger partial charge in [0.1, 0.15) is 29.7 Å². The molecule has 3 saturated heterocycles. The molecule has 14 nitrogen and oxygen atoms in total. The van der Waals surface area contributed by atoms with Gasteiger partial charge in [0.05, 0.1) is 47.6 Å². The van der Waals surface area contributed by atoms with Crippen LogP contribution >= 0.6 is 0 Å². The third kappa shape index (κ3) is 9.51. The number of aliphatic hydroxyl groups is 5. The van der Waals surface area contributed by atoms with E-state index in [1.165, 1.54) is 27.9 Å². The Balaban J connectivity index is 2.18. The molecule has 0 bridgehead atoms. The molecule has 0 aromatic carbocycles. The lowest BCUT2D eigenvalue weighted by atomic mass is 9.74. The minimum absolute atomic E-state index is 0.0936. The molecule has 0 aromatic heterocycles. The molecule has 0 radical (unpaired) electrons. The van der Waals surface area contributed by atoms with Gasteiger partial charge in [0.25, 0.3) is 0 Å². The fraction of sp³-hybridized carbons (Fsp3) is 0.946. The van der Waals surface area contributed by atoms with Crippen molar-refractivity contribution >= 4 is 11.8 Å². The van der Waals surface area contributed by atoms with Crippen LogP contribution in [0.2, 0.25) is 0 Å². The van der Waals surface area contributed by atoms with E-state index in [1.807, 2.05) is 25.9 Å². The summed E-state index contributed by atoms with van der Waals surface area (Å²) < 4.78 is 37.1. The summed E-state index contributed by atoms with van der Waals surface area (Å²) in [4.78, 5) is 29.8. The predicted molar refractivity (Wildman–Crippen MR) is 186 cm³/mol. The number of esters is 1. The van der Waals surface area contributed by atoms with Gasteiger partial charge in [0, 0.05) is 37.3 Å². The van der Waals surface area contributed by atoms with E-state index in [0.29, 0.717) is 6.42 Å². The molecule has 0 saturated carbocycles. The number of aliphatic hydroxyl groups excluding tert-OH is 3. The second-order valence-electron chi connectivity index (χ2n) is 16.5. The lowest BCUT2D eigenvalue weighted by Gasteiger charge is -2.49.